The van der Waals surface area contributed by atoms with Gasteiger partial charge in [-0.3, -0.25) is 0 Å². The summed E-state index contributed by atoms with van der Waals surface area (Å²) in [5.74, 6) is 0. The quantitative estimate of drug-likeness (QED) is 0.782. The predicted molar refractivity (Wildman–Crippen MR) is 73.4 cm³/mol. The van der Waals surface area contributed by atoms with Gasteiger partial charge in [-0.2, -0.15) is 0 Å². The van der Waals surface area contributed by atoms with E-state index in [9.17, 15) is 0 Å². The summed E-state index contributed by atoms with van der Waals surface area (Å²) in [6, 6.07) is 6.97. The Balaban J connectivity index is 2.75. The molecule has 1 N–H and O–H groups in total. The maximum atomic E-state index is 5.55. The van der Waals surface area contributed by atoms with Crippen LogP contribution in [0.2, 0.25) is 0 Å². The molecule has 0 bridgehead atoms. The Morgan fingerprint density at radius 1 is 1.18 bits per heavy atom. The van der Waals surface area contributed by atoms with Gasteiger partial charge in [-0.1, -0.05) is 25.1 Å². The van der Waals surface area contributed by atoms with Crippen LogP contribution in [-0.4, -0.2) is 19.8 Å². The van der Waals surface area contributed by atoms with E-state index in [-0.39, 0.29) is 0 Å². The summed E-state index contributed by atoms with van der Waals surface area (Å²) >= 11 is 0. The molecular formula is C15H25NO. The van der Waals surface area contributed by atoms with Crippen LogP contribution in [0.15, 0.2) is 18.2 Å². The highest BCUT2D eigenvalue weighted by molar-refractivity contribution is 5.31. The zero-order valence-corrected chi connectivity index (χ0v) is 11.5. The number of rotatable bonds is 7. The maximum Gasteiger partial charge on any atom is 0.0661 e. The third-order valence-corrected chi connectivity index (χ3v) is 3.06. The second kappa shape index (κ2) is 7.46. The zero-order valence-electron chi connectivity index (χ0n) is 11.5. The molecule has 1 atom stereocenters. The number of ether oxygens (including phenoxy) is 1. The van der Waals surface area contributed by atoms with Gasteiger partial charge in [-0.05, 0) is 50.4 Å². The molecule has 96 valence electrons. The van der Waals surface area contributed by atoms with Gasteiger partial charge in [0.15, 0.2) is 0 Å². The lowest BCUT2D eigenvalue weighted by atomic mass is 10.0. The lowest BCUT2D eigenvalue weighted by Gasteiger charge is -2.19. The number of aryl methyl sites for hydroxylation is 2. The molecule has 0 spiro atoms. The van der Waals surface area contributed by atoms with E-state index in [1.165, 1.54) is 16.7 Å². The minimum Gasteiger partial charge on any atom is -0.380 e. The van der Waals surface area contributed by atoms with Crippen molar-refractivity contribution in [1.29, 1.82) is 0 Å². The summed E-state index contributed by atoms with van der Waals surface area (Å²) in [6.07, 6.45) is 1.15. The van der Waals surface area contributed by atoms with Crippen molar-refractivity contribution in [2.75, 3.05) is 19.8 Å². The highest BCUT2D eigenvalue weighted by Gasteiger charge is 2.11. The van der Waals surface area contributed by atoms with Crippen molar-refractivity contribution in [2.24, 2.45) is 0 Å². The molecule has 0 aliphatic heterocycles. The van der Waals surface area contributed by atoms with E-state index >= 15 is 0 Å². The van der Waals surface area contributed by atoms with Gasteiger partial charge in [0.25, 0.3) is 0 Å². The van der Waals surface area contributed by atoms with Crippen LogP contribution < -0.4 is 5.32 Å². The predicted octanol–water partition coefficient (Wildman–Crippen LogP) is 3.38. The van der Waals surface area contributed by atoms with Gasteiger partial charge >= 0.3 is 0 Å². The Morgan fingerprint density at radius 2 is 1.94 bits per heavy atom. The Labute approximate surface area is 105 Å². The molecule has 0 saturated heterocycles. The molecule has 2 nitrogen and oxygen atoms in total. The summed E-state index contributed by atoms with van der Waals surface area (Å²) in [5, 5.41) is 3.54. The molecule has 0 aromatic heterocycles. The molecule has 2 heteroatoms. The molecule has 17 heavy (non-hydrogen) atoms. The second-order valence-electron chi connectivity index (χ2n) is 4.51. The summed E-state index contributed by atoms with van der Waals surface area (Å²) in [6.45, 7) is 11.1. The fraction of sp³-hybridized carbons (Fsp3) is 0.600. The van der Waals surface area contributed by atoms with E-state index in [4.69, 9.17) is 4.74 Å². The minimum absolute atomic E-state index is 0.314. The highest BCUT2D eigenvalue weighted by atomic mass is 16.5. The lowest BCUT2D eigenvalue weighted by Crippen LogP contribution is -2.26. The first-order valence-corrected chi connectivity index (χ1v) is 6.57. The van der Waals surface area contributed by atoms with Gasteiger partial charge in [0.05, 0.1) is 12.6 Å². The van der Waals surface area contributed by atoms with Gasteiger partial charge < -0.3 is 10.1 Å². The molecule has 0 aliphatic carbocycles. The molecule has 0 radical (unpaired) electrons. The Morgan fingerprint density at radius 3 is 2.53 bits per heavy atom. The topological polar surface area (TPSA) is 21.3 Å². The van der Waals surface area contributed by atoms with Crippen LogP contribution in [0.3, 0.4) is 0 Å². The summed E-state index contributed by atoms with van der Waals surface area (Å²) in [4.78, 5) is 0. The normalized spacial score (nSPS) is 12.7. The zero-order chi connectivity index (χ0) is 12.7. The summed E-state index contributed by atoms with van der Waals surface area (Å²) in [5.41, 5.74) is 4.02. The van der Waals surface area contributed by atoms with Crippen LogP contribution >= 0.6 is 0 Å². The average Bonchev–Trinajstić information content (AvgIpc) is 2.33. The fourth-order valence-corrected chi connectivity index (χ4v) is 1.81. The maximum absolute atomic E-state index is 5.55. The third-order valence-electron chi connectivity index (χ3n) is 3.06. The van der Waals surface area contributed by atoms with Gasteiger partial charge in [-0.15, -0.1) is 0 Å². The standard InChI is InChI=1S/C15H25NO/c1-5-9-16-15(11-17-6-2)14-8-7-12(3)13(4)10-14/h7-8,10,15-16H,5-6,9,11H2,1-4H3. The number of hydrogen-bond acceptors (Lipinski definition) is 2. The molecule has 0 saturated carbocycles. The Kier molecular flexibility index (Phi) is 6.23. The molecular weight excluding hydrogens is 210 g/mol. The van der Waals surface area contributed by atoms with Gasteiger partial charge in [-0.25, -0.2) is 0 Å². The number of benzene rings is 1. The SMILES string of the molecule is CCCNC(COCC)c1ccc(C)c(C)c1. The van der Waals surface area contributed by atoms with E-state index in [1.54, 1.807) is 0 Å². The second-order valence-corrected chi connectivity index (χ2v) is 4.51. The highest BCUT2D eigenvalue weighted by Crippen LogP contribution is 2.17. The molecule has 0 aliphatic rings. The molecule has 1 aromatic rings. The summed E-state index contributed by atoms with van der Waals surface area (Å²) < 4.78 is 5.55. The molecule has 0 fully saturated rings. The molecule has 1 unspecified atom stereocenters. The fourth-order valence-electron chi connectivity index (χ4n) is 1.81. The first kappa shape index (κ1) is 14.2. The van der Waals surface area contributed by atoms with E-state index in [0.29, 0.717) is 6.04 Å². The smallest absolute Gasteiger partial charge is 0.0661 e. The summed E-state index contributed by atoms with van der Waals surface area (Å²) in [7, 11) is 0. The van der Waals surface area contributed by atoms with Crippen molar-refractivity contribution in [3.8, 4) is 0 Å². The van der Waals surface area contributed by atoms with Gasteiger partial charge in [0.2, 0.25) is 0 Å². The van der Waals surface area contributed by atoms with Crippen LogP contribution in [0.4, 0.5) is 0 Å². The van der Waals surface area contributed by atoms with Crippen molar-refractivity contribution in [2.45, 2.75) is 40.2 Å². The van der Waals surface area contributed by atoms with Crippen molar-refractivity contribution in [3.63, 3.8) is 0 Å². The van der Waals surface area contributed by atoms with Crippen LogP contribution in [0.1, 0.15) is 43.0 Å². The largest absolute Gasteiger partial charge is 0.380 e. The van der Waals surface area contributed by atoms with E-state index in [0.717, 1.165) is 26.2 Å². The van der Waals surface area contributed by atoms with Crippen LogP contribution in [-0.2, 0) is 4.74 Å². The van der Waals surface area contributed by atoms with E-state index in [1.807, 2.05) is 6.92 Å². The Bertz CT molecular complexity index is 328. The lowest BCUT2D eigenvalue weighted by molar-refractivity contribution is 0.123. The first-order chi connectivity index (χ1) is 8.19. The Hall–Kier alpha value is -0.860. The molecule has 0 amide bonds. The average molecular weight is 235 g/mol. The number of nitrogens with one attached hydrogen (secondary N) is 1. The third kappa shape index (κ3) is 4.49. The van der Waals surface area contributed by atoms with E-state index < -0.39 is 0 Å². The van der Waals surface area contributed by atoms with Gasteiger partial charge in [0, 0.05) is 6.61 Å². The minimum atomic E-state index is 0.314. The first-order valence-electron chi connectivity index (χ1n) is 6.57. The van der Waals surface area contributed by atoms with E-state index in [2.05, 4.69) is 44.3 Å². The van der Waals surface area contributed by atoms with Crippen molar-refractivity contribution >= 4 is 0 Å². The van der Waals surface area contributed by atoms with Crippen molar-refractivity contribution < 1.29 is 4.74 Å². The van der Waals surface area contributed by atoms with Crippen LogP contribution in [0, 0.1) is 13.8 Å². The number of hydrogen-bond donors (Lipinski definition) is 1. The van der Waals surface area contributed by atoms with Crippen molar-refractivity contribution in [1.82, 2.24) is 5.32 Å². The van der Waals surface area contributed by atoms with Crippen molar-refractivity contribution in [3.05, 3.63) is 34.9 Å². The van der Waals surface area contributed by atoms with Crippen LogP contribution in [0.5, 0.6) is 0 Å². The molecule has 1 rings (SSSR count). The van der Waals surface area contributed by atoms with Gasteiger partial charge in [0.1, 0.15) is 0 Å². The van der Waals surface area contributed by atoms with Crippen LogP contribution in [0.25, 0.3) is 0 Å². The molecule has 1 aromatic carbocycles. The monoisotopic (exact) mass is 235 g/mol. The molecule has 0 heterocycles.